The summed E-state index contributed by atoms with van der Waals surface area (Å²) in [6, 6.07) is 4.41. The second-order valence-corrected chi connectivity index (χ2v) is 6.32. The van der Waals surface area contributed by atoms with Gasteiger partial charge in [0.2, 0.25) is 10.0 Å². The highest BCUT2D eigenvalue weighted by Crippen LogP contribution is 2.19. The van der Waals surface area contributed by atoms with Gasteiger partial charge in [0.05, 0.1) is 17.6 Å². The highest BCUT2D eigenvalue weighted by Gasteiger charge is 2.20. The molecule has 1 aromatic rings. The average Bonchev–Trinajstić information content (AvgIpc) is 2.37. The summed E-state index contributed by atoms with van der Waals surface area (Å²) in [6.45, 7) is 3.63. The molecule has 0 bridgehead atoms. The molecular weight excluding hydrogens is 316 g/mol. The summed E-state index contributed by atoms with van der Waals surface area (Å²) >= 11 is 0. The fourth-order valence-corrected chi connectivity index (χ4v) is 3.05. The van der Waals surface area contributed by atoms with E-state index in [9.17, 15) is 13.2 Å². The molecule has 0 aromatic heterocycles. The Morgan fingerprint density at radius 3 is 2.57 bits per heavy atom. The van der Waals surface area contributed by atoms with Gasteiger partial charge in [-0.1, -0.05) is 6.07 Å². The molecule has 0 aliphatic carbocycles. The topological polar surface area (TPSA) is 98.5 Å². The van der Waals surface area contributed by atoms with Crippen molar-refractivity contribution in [3.8, 4) is 0 Å². The van der Waals surface area contributed by atoms with Crippen molar-refractivity contribution < 1.29 is 17.9 Å². The van der Waals surface area contributed by atoms with E-state index >= 15 is 0 Å². The van der Waals surface area contributed by atoms with Crippen molar-refractivity contribution in [3.63, 3.8) is 0 Å². The third kappa shape index (κ3) is 5.28. The molecule has 1 unspecified atom stereocenters. The van der Waals surface area contributed by atoms with E-state index in [4.69, 9.17) is 5.73 Å². The Bertz CT molecular complexity index is 588. The zero-order valence-electron chi connectivity index (χ0n) is 12.3. The summed E-state index contributed by atoms with van der Waals surface area (Å²) < 4.78 is 31.5. The van der Waals surface area contributed by atoms with Crippen LogP contribution in [0.25, 0.3) is 0 Å². The van der Waals surface area contributed by atoms with Gasteiger partial charge in [0, 0.05) is 12.6 Å². The highest BCUT2D eigenvalue weighted by molar-refractivity contribution is 7.89. The minimum atomic E-state index is -3.66. The number of hydrogen-bond donors (Lipinski definition) is 2. The van der Waals surface area contributed by atoms with Crippen LogP contribution < -0.4 is 10.5 Å². The van der Waals surface area contributed by atoms with E-state index < -0.39 is 16.0 Å². The van der Waals surface area contributed by atoms with E-state index in [2.05, 4.69) is 9.46 Å². The first kappa shape index (κ1) is 19.9. The van der Waals surface area contributed by atoms with Crippen LogP contribution in [0.2, 0.25) is 0 Å². The Labute approximate surface area is 131 Å². The van der Waals surface area contributed by atoms with Crippen LogP contribution in [0, 0.1) is 6.92 Å². The number of halogens is 1. The van der Waals surface area contributed by atoms with Crippen LogP contribution in [0.4, 0.5) is 0 Å². The van der Waals surface area contributed by atoms with Crippen molar-refractivity contribution in [3.05, 3.63) is 29.3 Å². The molecule has 0 aliphatic rings. The Kier molecular flexibility index (Phi) is 7.87. The Morgan fingerprint density at radius 1 is 1.43 bits per heavy atom. The Hall–Kier alpha value is -1.15. The molecule has 0 saturated carbocycles. The summed E-state index contributed by atoms with van der Waals surface area (Å²) in [5.41, 5.74) is 6.18. The molecule has 0 aliphatic heterocycles. The molecule has 0 amide bonds. The van der Waals surface area contributed by atoms with Crippen LogP contribution in [-0.4, -0.2) is 34.1 Å². The lowest BCUT2D eigenvalue weighted by atomic mass is 10.1. The third-order valence-electron chi connectivity index (χ3n) is 2.87. The van der Waals surface area contributed by atoms with Crippen molar-refractivity contribution in [2.24, 2.45) is 5.73 Å². The maximum atomic E-state index is 12.2. The smallest absolute Gasteiger partial charge is 0.338 e. The minimum Gasteiger partial charge on any atom is -0.465 e. The number of carbonyl (C=O) groups excluding carboxylic acids is 1. The third-order valence-corrected chi connectivity index (χ3v) is 4.48. The number of ether oxygens (including phenoxy) is 1. The molecule has 3 N–H and O–H groups in total. The van der Waals surface area contributed by atoms with Crippen molar-refractivity contribution in [1.29, 1.82) is 0 Å². The van der Waals surface area contributed by atoms with Crippen molar-refractivity contribution in [2.45, 2.75) is 31.2 Å². The first-order chi connectivity index (χ1) is 9.29. The largest absolute Gasteiger partial charge is 0.465 e. The molecule has 21 heavy (non-hydrogen) atoms. The van der Waals surface area contributed by atoms with Crippen molar-refractivity contribution in [1.82, 2.24) is 4.72 Å². The Morgan fingerprint density at radius 2 is 2.05 bits per heavy atom. The van der Waals surface area contributed by atoms with Gasteiger partial charge in [-0.05, 0) is 38.0 Å². The SMILES string of the molecule is COC(=O)c1cccc(S(=O)(=O)NCCC(C)N)c1C.Cl. The van der Waals surface area contributed by atoms with Crippen LogP contribution >= 0.6 is 12.4 Å². The second kappa shape index (κ2) is 8.33. The summed E-state index contributed by atoms with van der Waals surface area (Å²) in [5.74, 6) is -0.560. The lowest BCUT2D eigenvalue weighted by Crippen LogP contribution is -2.29. The first-order valence-corrected chi connectivity index (χ1v) is 7.71. The van der Waals surface area contributed by atoms with Crippen LogP contribution in [0.1, 0.15) is 29.3 Å². The number of carbonyl (C=O) groups is 1. The molecular formula is C13H21ClN2O4S. The van der Waals surface area contributed by atoms with Gasteiger partial charge < -0.3 is 10.5 Å². The fourth-order valence-electron chi connectivity index (χ4n) is 1.74. The monoisotopic (exact) mass is 336 g/mol. The summed E-state index contributed by atoms with van der Waals surface area (Å²) in [4.78, 5) is 11.6. The molecule has 0 saturated heterocycles. The predicted octanol–water partition coefficient (Wildman–Crippen LogP) is 1.22. The van der Waals surface area contributed by atoms with Gasteiger partial charge in [-0.25, -0.2) is 17.9 Å². The lowest BCUT2D eigenvalue weighted by molar-refractivity contribution is 0.0599. The second-order valence-electron chi connectivity index (χ2n) is 4.58. The molecule has 120 valence electrons. The van der Waals surface area contributed by atoms with Crippen molar-refractivity contribution in [2.75, 3.05) is 13.7 Å². The minimum absolute atomic E-state index is 0. The van der Waals surface area contributed by atoms with E-state index in [1.54, 1.807) is 13.8 Å². The van der Waals surface area contributed by atoms with Gasteiger partial charge in [0.1, 0.15) is 0 Å². The molecule has 1 atom stereocenters. The number of nitrogens with one attached hydrogen (secondary N) is 1. The van der Waals surface area contributed by atoms with E-state index in [1.807, 2.05) is 0 Å². The maximum absolute atomic E-state index is 12.2. The van der Waals surface area contributed by atoms with E-state index in [-0.39, 0.29) is 35.5 Å². The highest BCUT2D eigenvalue weighted by atomic mass is 35.5. The molecule has 0 spiro atoms. The van der Waals surface area contributed by atoms with Crippen LogP contribution in [0.3, 0.4) is 0 Å². The lowest BCUT2D eigenvalue weighted by Gasteiger charge is -2.12. The zero-order chi connectivity index (χ0) is 15.3. The van der Waals surface area contributed by atoms with Gasteiger partial charge in [0.15, 0.2) is 0 Å². The van der Waals surface area contributed by atoms with E-state index in [0.717, 1.165) is 0 Å². The van der Waals surface area contributed by atoms with Gasteiger partial charge in [0.25, 0.3) is 0 Å². The van der Waals surface area contributed by atoms with Gasteiger partial charge in [-0.3, -0.25) is 0 Å². The molecule has 1 aromatic carbocycles. The molecule has 0 radical (unpaired) electrons. The van der Waals surface area contributed by atoms with Gasteiger partial charge in [-0.2, -0.15) is 0 Å². The molecule has 6 nitrogen and oxygen atoms in total. The van der Waals surface area contributed by atoms with Gasteiger partial charge >= 0.3 is 5.97 Å². The number of nitrogens with two attached hydrogens (primary N) is 1. The van der Waals surface area contributed by atoms with Crippen LogP contribution in [0.5, 0.6) is 0 Å². The summed E-state index contributed by atoms with van der Waals surface area (Å²) in [6.07, 6.45) is 0.537. The van der Waals surface area contributed by atoms with E-state index in [1.165, 1.54) is 25.3 Å². The normalized spacial score (nSPS) is 12.4. The summed E-state index contributed by atoms with van der Waals surface area (Å²) in [5, 5.41) is 0. The predicted molar refractivity (Wildman–Crippen MR) is 83.2 cm³/mol. The number of sulfonamides is 1. The number of esters is 1. The Balaban J connectivity index is 0.00000400. The number of methoxy groups -OCH3 is 1. The average molecular weight is 337 g/mol. The zero-order valence-corrected chi connectivity index (χ0v) is 13.9. The number of rotatable bonds is 6. The molecule has 0 fully saturated rings. The molecule has 1 rings (SSSR count). The molecule has 8 heteroatoms. The first-order valence-electron chi connectivity index (χ1n) is 6.22. The van der Waals surface area contributed by atoms with Crippen LogP contribution in [0.15, 0.2) is 23.1 Å². The van der Waals surface area contributed by atoms with E-state index in [0.29, 0.717) is 12.0 Å². The van der Waals surface area contributed by atoms with Gasteiger partial charge in [-0.15, -0.1) is 12.4 Å². The summed E-state index contributed by atoms with van der Waals surface area (Å²) in [7, 11) is -2.41. The van der Waals surface area contributed by atoms with Crippen molar-refractivity contribution >= 4 is 28.4 Å². The fraction of sp³-hybridized carbons (Fsp3) is 0.462. The number of hydrogen-bond acceptors (Lipinski definition) is 5. The molecule has 0 heterocycles. The maximum Gasteiger partial charge on any atom is 0.338 e. The van der Waals surface area contributed by atoms with Crippen LogP contribution in [-0.2, 0) is 14.8 Å². The number of benzene rings is 1. The standard InChI is InChI=1S/C13H20N2O4S.ClH/c1-9(14)7-8-15-20(17,18)12-6-4-5-11(10(12)2)13(16)19-3;/h4-6,9,15H,7-8,14H2,1-3H3;1H. The quantitative estimate of drug-likeness (QED) is 0.761.